The van der Waals surface area contributed by atoms with Crippen LogP contribution in [0.2, 0.25) is 5.02 Å². The second kappa shape index (κ2) is 8.77. The number of non-ortho nitro benzene ring substituents is 1. The number of benzene rings is 2. The fraction of sp³-hybridized carbons (Fsp3) is 0.118. The molecule has 1 amide bonds. The van der Waals surface area contributed by atoms with Crippen molar-refractivity contribution in [2.24, 2.45) is 0 Å². The average Bonchev–Trinajstić information content (AvgIpc) is 2.66. The van der Waals surface area contributed by atoms with Crippen LogP contribution in [-0.2, 0) is 14.3 Å². The van der Waals surface area contributed by atoms with Crippen molar-refractivity contribution < 1.29 is 28.8 Å². The zero-order chi connectivity index (χ0) is 20.0. The summed E-state index contributed by atoms with van der Waals surface area (Å²) in [5.41, 5.74) is -0.622. The summed E-state index contributed by atoms with van der Waals surface area (Å²) < 4.78 is 9.33. The van der Waals surface area contributed by atoms with Crippen molar-refractivity contribution in [3.05, 3.63) is 68.7 Å². The van der Waals surface area contributed by atoms with Gasteiger partial charge in [-0.15, -0.1) is 0 Å². The average molecular weight is 393 g/mol. The second-order valence-corrected chi connectivity index (χ2v) is 5.53. The molecule has 0 saturated carbocycles. The number of nitro groups is 1. The Morgan fingerprint density at radius 2 is 1.74 bits per heavy atom. The number of amides is 1. The number of nitro benzene ring substituents is 1. The van der Waals surface area contributed by atoms with Gasteiger partial charge in [-0.1, -0.05) is 23.7 Å². The van der Waals surface area contributed by atoms with Gasteiger partial charge in [0.1, 0.15) is 0 Å². The molecule has 2 rings (SSSR count). The first kappa shape index (κ1) is 19.9. The number of rotatable bonds is 6. The molecule has 2 aromatic rings. The van der Waals surface area contributed by atoms with Crippen LogP contribution in [0.1, 0.15) is 20.7 Å². The molecule has 0 unspecified atom stereocenters. The number of hydrogen-bond donors (Lipinski definition) is 1. The molecule has 0 aliphatic carbocycles. The van der Waals surface area contributed by atoms with Gasteiger partial charge in [0.15, 0.2) is 6.61 Å². The number of ether oxygens (including phenoxy) is 2. The van der Waals surface area contributed by atoms with Crippen LogP contribution in [0.25, 0.3) is 0 Å². The number of carbonyl (C=O) groups is 3. The van der Waals surface area contributed by atoms with Crippen LogP contribution in [0.15, 0.2) is 42.5 Å². The molecular weight excluding hydrogens is 380 g/mol. The first-order chi connectivity index (χ1) is 12.8. The largest absolute Gasteiger partial charge is 0.465 e. The summed E-state index contributed by atoms with van der Waals surface area (Å²) in [4.78, 5) is 45.8. The molecule has 2 aromatic carbocycles. The molecule has 0 saturated heterocycles. The first-order valence-corrected chi connectivity index (χ1v) is 7.79. The van der Waals surface area contributed by atoms with Crippen LogP contribution >= 0.6 is 11.6 Å². The van der Waals surface area contributed by atoms with Gasteiger partial charge in [0.25, 0.3) is 11.6 Å². The molecule has 1 N–H and O–H groups in total. The number of carbonyl (C=O) groups excluding carboxylic acids is 3. The Hall–Kier alpha value is -3.46. The predicted molar refractivity (Wildman–Crippen MR) is 94.8 cm³/mol. The normalized spacial score (nSPS) is 10.0. The molecule has 0 spiro atoms. The summed E-state index contributed by atoms with van der Waals surface area (Å²) in [6, 6.07) is 9.44. The lowest BCUT2D eigenvalue weighted by atomic mass is 10.1. The van der Waals surface area contributed by atoms with Gasteiger partial charge in [-0.25, -0.2) is 9.59 Å². The molecule has 27 heavy (non-hydrogen) atoms. The zero-order valence-corrected chi connectivity index (χ0v) is 14.7. The van der Waals surface area contributed by atoms with Crippen LogP contribution in [0.3, 0.4) is 0 Å². The highest BCUT2D eigenvalue weighted by molar-refractivity contribution is 6.33. The summed E-state index contributed by atoms with van der Waals surface area (Å²) >= 11 is 5.90. The minimum Gasteiger partial charge on any atom is -0.465 e. The standard InChI is InChI=1S/C17H13ClN2O7/c1-26-16(22)10-6-11(8-12(7-10)20(24)25)17(23)27-9-15(21)19-14-5-3-2-4-13(14)18/h2-8H,9H2,1H3,(H,19,21). The van der Waals surface area contributed by atoms with Gasteiger partial charge in [-0.05, 0) is 18.2 Å². The topological polar surface area (TPSA) is 125 Å². The highest BCUT2D eigenvalue weighted by Gasteiger charge is 2.20. The zero-order valence-electron chi connectivity index (χ0n) is 13.9. The smallest absolute Gasteiger partial charge is 0.338 e. The summed E-state index contributed by atoms with van der Waals surface area (Å²) in [7, 11) is 1.10. The molecule has 0 aliphatic heterocycles. The van der Waals surface area contributed by atoms with Gasteiger partial charge in [-0.3, -0.25) is 14.9 Å². The van der Waals surface area contributed by atoms with E-state index in [0.29, 0.717) is 10.7 Å². The van der Waals surface area contributed by atoms with Crippen molar-refractivity contribution >= 4 is 40.8 Å². The van der Waals surface area contributed by atoms with E-state index < -0.39 is 35.1 Å². The Balaban J connectivity index is 2.10. The number of nitrogens with one attached hydrogen (secondary N) is 1. The van der Waals surface area contributed by atoms with Gasteiger partial charge < -0.3 is 14.8 Å². The first-order valence-electron chi connectivity index (χ1n) is 7.41. The Bertz CT molecular complexity index is 914. The van der Waals surface area contributed by atoms with E-state index in [4.69, 9.17) is 16.3 Å². The molecule has 0 heterocycles. The minimum absolute atomic E-state index is 0.195. The number of hydrogen-bond acceptors (Lipinski definition) is 7. The molecule has 0 aromatic heterocycles. The maximum atomic E-state index is 12.1. The SMILES string of the molecule is COC(=O)c1cc(C(=O)OCC(=O)Nc2ccccc2Cl)cc([N+](=O)[O-])c1. The minimum atomic E-state index is -1.02. The lowest BCUT2D eigenvalue weighted by molar-refractivity contribution is -0.384. The Morgan fingerprint density at radius 1 is 1.11 bits per heavy atom. The predicted octanol–water partition coefficient (Wildman–Crippen LogP) is 2.83. The third kappa shape index (κ3) is 5.25. The van der Waals surface area contributed by atoms with Gasteiger partial charge >= 0.3 is 11.9 Å². The highest BCUT2D eigenvalue weighted by Crippen LogP contribution is 2.21. The number of halogens is 1. The third-order valence-corrected chi connectivity index (χ3v) is 3.60. The lowest BCUT2D eigenvalue weighted by Gasteiger charge is -2.08. The van der Waals surface area contributed by atoms with Crippen LogP contribution in [0.4, 0.5) is 11.4 Å². The van der Waals surface area contributed by atoms with Crippen LogP contribution in [0, 0.1) is 10.1 Å². The Labute approximate surface area is 158 Å². The fourth-order valence-corrected chi connectivity index (χ4v) is 2.22. The maximum Gasteiger partial charge on any atom is 0.338 e. The Kier molecular flexibility index (Phi) is 6.45. The third-order valence-electron chi connectivity index (χ3n) is 3.27. The molecular formula is C17H13ClN2O7. The highest BCUT2D eigenvalue weighted by atomic mass is 35.5. The molecule has 140 valence electrons. The van der Waals surface area contributed by atoms with Crippen molar-refractivity contribution in [3.63, 3.8) is 0 Å². The van der Waals surface area contributed by atoms with E-state index in [1.54, 1.807) is 24.3 Å². The number of esters is 2. The monoisotopic (exact) mass is 392 g/mol. The van der Waals surface area contributed by atoms with Gasteiger partial charge in [0, 0.05) is 12.1 Å². The quantitative estimate of drug-likeness (QED) is 0.455. The van der Waals surface area contributed by atoms with E-state index >= 15 is 0 Å². The molecule has 0 radical (unpaired) electrons. The maximum absolute atomic E-state index is 12.1. The molecule has 0 aliphatic rings. The van der Waals surface area contributed by atoms with Crippen molar-refractivity contribution in [1.82, 2.24) is 0 Å². The van der Waals surface area contributed by atoms with E-state index in [0.717, 1.165) is 25.3 Å². The number of anilines is 1. The van der Waals surface area contributed by atoms with E-state index in [2.05, 4.69) is 10.1 Å². The summed E-state index contributed by atoms with van der Waals surface area (Å²) in [6.45, 7) is -0.652. The van der Waals surface area contributed by atoms with Crippen molar-refractivity contribution in [1.29, 1.82) is 0 Å². The Morgan fingerprint density at radius 3 is 2.33 bits per heavy atom. The van der Waals surface area contributed by atoms with E-state index in [1.165, 1.54) is 0 Å². The molecule has 0 atom stereocenters. The van der Waals surface area contributed by atoms with Crippen molar-refractivity contribution in [2.75, 3.05) is 19.0 Å². The van der Waals surface area contributed by atoms with E-state index in [-0.39, 0.29) is 11.1 Å². The fourth-order valence-electron chi connectivity index (χ4n) is 2.03. The van der Waals surface area contributed by atoms with Crippen molar-refractivity contribution in [3.8, 4) is 0 Å². The van der Waals surface area contributed by atoms with E-state index in [1.807, 2.05) is 0 Å². The van der Waals surface area contributed by atoms with Gasteiger partial charge in [0.2, 0.25) is 0 Å². The molecule has 9 nitrogen and oxygen atoms in total. The molecule has 0 bridgehead atoms. The number of para-hydroxylation sites is 1. The van der Waals surface area contributed by atoms with Crippen LogP contribution in [-0.4, -0.2) is 36.5 Å². The van der Waals surface area contributed by atoms with E-state index in [9.17, 15) is 24.5 Å². The molecule has 0 fully saturated rings. The number of nitrogens with zero attached hydrogens (tertiary/aromatic N) is 1. The summed E-state index contributed by atoms with van der Waals surface area (Å²) in [5, 5.41) is 13.7. The number of methoxy groups -OCH3 is 1. The lowest BCUT2D eigenvalue weighted by Crippen LogP contribution is -2.21. The van der Waals surface area contributed by atoms with Gasteiger partial charge in [-0.2, -0.15) is 0 Å². The van der Waals surface area contributed by atoms with Crippen LogP contribution in [0.5, 0.6) is 0 Å². The second-order valence-electron chi connectivity index (χ2n) is 5.12. The summed E-state index contributed by atoms with van der Waals surface area (Å²) in [6.07, 6.45) is 0. The summed E-state index contributed by atoms with van der Waals surface area (Å²) in [5.74, 6) is -2.53. The van der Waals surface area contributed by atoms with Crippen molar-refractivity contribution in [2.45, 2.75) is 0 Å². The van der Waals surface area contributed by atoms with Crippen LogP contribution < -0.4 is 5.32 Å². The molecule has 10 heteroatoms. The van der Waals surface area contributed by atoms with Gasteiger partial charge in [0.05, 0.1) is 33.9 Å².